The van der Waals surface area contributed by atoms with Gasteiger partial charge in [-0.05, 0) is 89.9 Å². The van der Waals surface area contributed by atoms with Crippen molar-refractivity contribution < 1.29 is 24.5 Å². The van der Waals surface area contributed by atoms with E-state index in [4.69, 9.17) is 4.74 Å². The topological polar surface area (TPSA) is 95.9 Å². The van der Waals surface area contributed by atoms with Gasteiger partial charge >= 0.3 is 5.97 Å². The van der Waals surface area contributed by atoms with Crippen LogP contribution in [0.5, 0.6) is 0 Å². The molecule has 0 aliphatic carbocycles. The van der Waals surface area contributed by atoms with Gasteiger partial charge in [0.05, 0.1) is 25.4 Å². The van der Waals surface area contributed by atoms with Gasteiger partial charge in [-0.3, -0.25) is 9.59 Å². The fraction of sp³-hybridized carbons (Fsp3) is 0.846. The number of aliphatic hydroxyl groups is 2. The van der Waals surface area contributed by atoms with Crippen LogP contribution in [0.1, 0.15) is 328 Å². The number of rotatable bonds is 58. The Hall–Kier alpha value is -2.18. The summed E-state index contributed by atoms with van der Waals surface area (Å²) in [4.78, 5) is 24.5. The third kappa shape index (κ3) is 57.0. The maximum atomic E-state index is 12.4. The van der Waals surface area contributed by atoms with Crippen molar-refractivity contribution in [2.24, 2.45) is 0 Å². The summed E-state index contributed by atoms with van der Waals surface area (Å²) in [5.74, 6) is -0.0642. The van der Waals surface area contributed by atoms with E-state index in [2.05, 4.69) is 55.6 Å². The lowest BCUT2D eigenvalue weighted by molar-refractivity contribution is -0.143. The van der Waals surface area contributed by atoms with E-state index in [1.807, 2.05) is 6.08 Å². The number of carbonyl (C=O) groups excluding carboxylic acids is 2. The van der Waals surface area contributed by atoms with Gasteiger partial charge in [0.25, 0.3) is 0 Å². The molecule has 0 spiro atoms. The molecule has 2 unspecified atom stereocenters. The minimum atomic E-state index is -0.843. The average Bonchev–Trinajstić information content (AvgIpc) is 3.37. The summed E-state index contributed by atoms with van der Waals surface area (Å²) in [5, 5.41) is 23.0. The molecule has 3 N–H and O–H groups in total. The molecule has 0 aliphatic heterocycles. The van der Waals surface area contributed by atoms with Gasteiger partial charge in [-0.1, -0.05) is 274 Å². The summed E-state index contributed by atoms with van der Waals surface area (Å²) in [6, 6.07) is -0.627. The highest BCUT2D eigenvalue weighted by Crippen LogP contribution is 2.17. The lowest BCUT2D eigenvalue weighted by Crippen LogP contribution is -2.45. The van der Waals surface area contributed by atoms with Crippen molar-refractivity contribution in [3.8, 4) is 0 Å². The second kappa shape index (κ2) is 60.4. The lowest BCUT2D eigenvalue weighted by atomic mass is 10.0. The lowest BCUT2D eigenvalue weighted by Gasteiger charge is -2.20. The molecule has 2 atom stereocenters. The van der Waals surface area contributed by atoms with Gasteiger partial charge in [0, 0.05) is 12.8 Å². The van der Waals surface area contributed by atoms with E-state index in [1.165, 1.54) is 250 Å². The van der Waals surface area contributed by atoms with E-state index in [9.17, 15) is 19.8 Å². The fourth-order valence-corrected chi connectivity index (χ4v) is 9.48. The second-order valence-electron chi connectivity index (χ2n) is 21.4. The maximum absolute atomic E-state index is 12.4. The third-order valence-electron chi connectivity index (χ3n) is 14.3. The molecule has 0 aromatic carbocycles. The standard InChI is InChI=1S/C65H121NO5/c1-3-5-7-9-11-13-15-16-17-29-33-36-39-43-47-51-55-59-65(70)71-60-56-52-48-44-40-37-34-31-28-26-24-22-20-18-19-21-23-25-27-30-32-35-38-42-46-50-54-58-64(69)66-62(61-67)63(68)57-53-49-45-41-14-12-10-8-6-4-2/h11,13,16-19,53,57,62-63,67-68H,3-10,12,14-15,20-52,54-56,58-61H2,1-2H3,(H,66,69)/b13-11-,17-16-,19-18-,57-53+. The van der Waals surface area contributed by atoms with Crippen LogP contribution in [0.2, 0.25) is 0 Å². The first-order chi connectivity index (χ1) is 35.0. The van der Waals surface area contributed by atoms with Crippen LogP contribution in [0.15, 0.2) is 48.6 Å². The van der Waals surface area contributed by atoms with E-state index >= 15 is 0 Å². The van der Waals surface area contributed by atoms with Crippen molar-refractivity contribution in [1.29, 1.82) is 0 Å². The first-order valence-electron chi connectivity index (χ1n) is 31.4. The van der Waals surface area contributed by atoms with Crippen LogP contribution in [0.4, 0.5) is 0 Å². The fourth-order valence-electron chi connectivity index (χ4n) is 9.48. The number of hydrogen-bond acceptors (Lipinski definition) is 5. The van der Waals surface area contributed by atoms with Crippen LogP contribution < -0.4 is 5.32 Å². The molecule has 0 aromatic heterocycles. The molecular formula is C65H121NO5. The van der Waals surface area contributed by atoms with Crippen molar-refractivity contribution in [2.45, 2.75) is 341 Å². The van der Waals surface area contributed by atoms with Gasteiger partial charge in [0.2, 0.25) is 5.91 Å². The monoisotopic (exact) mass is 996 g/mol. The molecule has 0 bridgehead atoms. The van der Waals surface area contributed by atoms with E-state index in [1.54, 1.807) is 6.08 Å². The number of ether oxygens (including phenoxy) is 1. The van der Waals surface area contributed by atoms with E-state index in [-0.39, 0.29) is 18.5 Å². The molecule has 0 saturated carbocycles. The Morgan fingerprint density at radius 1 is 0.394 bits per heavy atom. The zero-order chi connectivity index (χ0) is 51.4. The van der Waals surface area contributed by atoms with Gasteiger partial charge < -0.3 is 20.3 Å². The molecule has 71 heavy (non-hydrogen) atoms. The molecule has 0 aromatic rings. The molecule has 6 nitrogen and oxygen atoms in total. The molecular weight excluding hydrogens is 875 g/mol. The van der Waals surface area contributed by atoms with Crippen molar-refractivity contribution >= 4 is 11.9 Å². The quantitative estimate of drug-likeness (QED) is 0.0321. The molecule has 0 fully saturated rings. The number of unbranched alkanes of at least 4 members (excludes halogenated alkanes) is 41. The van der Waals surface area contributed by atoms with Gasteiger partial charge in [-0.25, -0.2) is 0 Å². The first-order valence-corrected chi connectivity index (χ1v) is 31.4. The first kappa shape index (κ1) is 68.8. The van der Waals surface area contributed by atoms with Gasteiger partial charge in [0.15, 0.2) is 0 Å². The number of aliphatic hydroxyl groups excluding tert-OH is 2. The predicted octanol–water partition coefficient (Wildman–Crippen LogP) is 19.7. The number of allylic oxidation sites excluding steroid dienone is 7. The summed E-state index contributed by atoms with van der Waals surface area (Å²) >= 11 is 0. The molecule has 416 valence electrons. The zero-order valence-electron chi connectivity index (χ0n) is 47.5. The Morgan fingerprint density at radius 2 is 0.704 bits per heavy atom. The summed E-state index contributed by atoms with van der Waals surface area (Å²) in [5.41, 5.74) is 0. The Morgan fingerprint density at radius 3 is 1.11 bits per heavy atom. The van der Waals surface area contributed by atoms with Crippen molar-refractivity contribution in [2.75, 3.05) is 13.2 Å². The van der Waals surface area contributed by atoms with E-state index in [0.717, 1.165) is 51.4 Å². The molecule has 0 radical (unpaired) electrons. The minimum Gasteiger partial charge on any atom is -0.466 e. The number of amides is 1. The largest absolute Gasteiger partial charge is 0.466 e. The van der Waals surface area contributed by atoms with E-state index in [0.29, 0.717) is 19.4 Å². The Balaban J connectivity index is 3.37. The zero-order valence-corrected chi connectivity index (χ0v) is 47.5. The average molecular weight is 997 g/mol. The summed E-state index contributed by atoms with van der Waals surface area (Å²) in [6.45, 7) is 4.86. The Bertz CT molecular complexity index is 1190. The van der Waals surface area contributed by atoms with Crippen LogP contribution in [-0.2, 0) is 14.3 Å². The normalized spacial score (nSPS) is 12.9. The summed E-state index contributed by atoms with van der Waals surface area (Å²) < 4.78 is 5.49. The predicted molar refractivity (Wildman–Crippen MR) is 310 cm³/mol. The highest BCUT2D eigenvalue weighted by atomic mass is 16.5. The smallest absolute Gasteiger partial charge is 0.305 e. The maximum Gasteiger partial charge on any atom is 0.305 e. The van der Waals surface area contributed by atoms with Crippen LogP contribution in [0.25, 0.3) is 0 Å². The minimum absolute atomic E-state index is 0.00655. The van der Waals surface area contributed by atoms with Gasteiger partial charge in [-0.15, -0.1) is 0 Å². The van der Waals surface area contributed by atoms with Crippen molar-refractivity contribution in [3.63, 3.8) is 0 Å². The number of hydrogen-bond donors (Lipinski definition) is 3. The van der Waals surface area contributed by atoms with Crippen molar-refractivity contribution in [3.05, 3.63) is 48.6 Å². The molecule has 6 heteroatoms. The van der Waals surface area contributed by atoms with E-state index < -0.39 is 12.1 Å². The molecule has 0 saturated heterocycles. The summed E-state index contributed by atoms with van der Waals surface area (Å²) in [7, 11) is 0. The van der Waals surface area contributed by atoms with Crippen LogP contribution in [-0.4, -0.2) is 47.4 Å². The number of esters is 1. The molecule has 1 amide bonds. The van der Waals surface area contributed by atoms with Crippen LogP contribution >= 0.6 is 0 Å². The Labute approximate surface area is 442 Å². The van der Waals surface area contributed by atoms with Gasteiger partial charge in [0.1, 0.15) is 0 Å². The van der Waals surface area contributed by atoms with Gasteiger partial charge in [-0.2, -0.15) is 0 Å². The SMILES string of the molecule is CCCCC/C=C\C/C=C\CCCCCCCCCC(=O)OCCCCCCCCCCCCCC/C=C\CCCCCCCCCCCCCC(=O)NC(CO)C(O)/C=C/CCCCCCCCCC. The number of carbonyl (C=O) groups is 2. The summed E-state index contributed by atoms with van der Waals surface area (Å²) in [6.07, 6.45) is 77.4. The Kier molecular flexibility index (Phi) is 58.5. The molecule has 0 heterocycles. The second-order valence-corrected chi connectivity index (χ2v) is 21.4. The van der Waals surface area contributed by atoms with Crippen molar-refractivity contribution in [1.82, 2.24) is 5.32 Å². The highest BCUT2D eigenvalue weighted by Gasteiger charge is 2.18. The number of nitrogens with one attached hydrogen (secondary N) is 1. The molecule has 0 aliphatic rings. The van der Waals surface area contributed by atoms with Crippen LogP contribution in [0.3, 0.4) is 0 Å². The molecule has 0 rings (SSSR count). The van der Waals surface area contributed by atoms with Crippen LogP contribution in [0, 0.1) is 0 Å². The highest BCUT2D eigenvalue weighted by molar-refractivity contribution is 5.76. The third-order valence-corrected chi connectivity index (χ3v) is 14.3.